The Hall–Kier alpha value is -2.29. The van der Waals surface area contributed by atoms with Crippen LogP contribution in [0.3, 0.4) is 0 Å². The maximum Gasteiger partial charge on any atom is 0.311 e. The molecule has 0 amide bonds. The third-order valence-corrected chi connectivity index (χ3v) is 4.38. The van der Waals surface area contributed by atoms with Gasteiger partial charge in [0.15, 0.2) is 0 Å². The van der Waals surface area contributed by atoms with E-state index in [9.17, 15) is 9.90 Å². The fourth-order valence-corrected chi connectivity index (χ4v) is 2.69. The number of hydrogen-bond acceptors (Lipinski definition) is 2. The monoisotopic (exact) mass is 326 g/mol. The summed E-state index contributed by atoms with van der Waals surface area (Å²) in [6.07, 6.45) is 2.50. The van der Waals surface area contributed by atoms with Gasteiger partial charge in [-0.05, 0) is 55.0 Å². The number of hydrogen-bond donors (Lipinski definition) is 1. The van der Waals surface area contributed by atoms with E-state index in [2.05, 4.69) is 6.92 Å². The molecule has 2 aromatic carbocycles. The molecule has 0 saturated carbocycles. The maximum atomic E-state index is 11.8. The van der Waals surface area contributed by atoms with Gasteiger partial charge in [-0.1, -0.05) is 49.7 Å². The molecule has 2 aromatic rings. The Labute approximate surface area is 144 Å². The van der Waals surface area contributed by atoms with Crippen LogP contribution in [0.15, 0.2) is 42.5 Å². The van der Waals surface area contributed by atoms with Crippen LogP contribution in [0.25, 0.3) is 0 Å². The number of ether oxygens (including phenoxy) is 1. The zero-order valence-corrected chi connectivity index (χ0v) is 14.7. The molecular formula is C21H26O3. The molecule has 0 heterocycles. The van der Waals surface area contributed by atoms with Gasteiger partial charge < -0.3 is 9.84 Å². The van der Waals surface area contributed by atoms with Crippen molar-refractivity contribution >= 4 is 5.97 Å². The summed E-state index contributed by atoms with van der Waals surface area (Å²) in [6.45, 7) is 6.83. The van der Waals surface area contributed by atoms with Gasteiger partial charge in [-0.2, -0.15) is 0 Å². The first-order chi connectivity index (χ1) is 11.5. The number of carboxylic acid groups (broad SMARTS) is 1. The van der Waals surface area contributed by atoms with E-state index in [4.69, 9.17) is 4.74 Å². The van der Waals surface area contributed by atoms with E-state index in [1.807, 2.05) is 56.3 Å². The maximum absolute atomic E-state index is 11.8. The van der Waals surface area contributed by atoms with Crippen molar-refractivity contribution < 1.29 is 14.6 Å². The number of carbonyl (C=O) groups is 1. The second-order valence-electron chi connectivity index (χ2n) is 6.25. The highest BCUT2D eigenvalue weighted by atomic mass is 16.5. The van der Waals surface area contributed by atoms with Gasteiger partial charge in [-0.25, -0.2) is 0 Å². The number of para-hydroxylation sites is 1. The third-order valence-electron chi connectivity index (χ3n) is 4.38. The van der Waals surface area contributed by atoms with Crippen LogP contribution in [-0.4, -0.2) is 17.7 Å². The third kappa shape index (κ3) is 4.60. The van der Waals surface area contributed by atoms with E-state index in [-0.39, 0.29) is 0 Å². The number of aryl methyl sites for hydroxylation is 2. The SMILES string of the molecule is CCCCOc1ccccc1CC(C(=O)O)c1ccc(C)c(C)c1. The van der Waals surface area contributed by atoms with Gasteiger partial charge in [0.1, 0.15) is 5.75 Å². The lowest BCUT2D eigenvalue weighted by Gasteiger charge is -2.17. The van der Waals surface area contributed by atoms with Crippen molar-refractivity contribution in [1.29, 1.82) is 0 Å². The van der Waals surface area contributed by atoms with E-state index >= 15 is 0 Å². The van der Waals surface area contributed by atoms with Crippen LogP contribution in [0.5, 0.6) is 5.75 Å². The molecule has 3 nitrogen and oxygen atoms in total. The largest absolute Gasteiger partial charge is 0.493 e. The minimum absolute atomic E-state index is 0.431. The highest BCUT2D eigenvalue weighted by molar-refractivity contribution is 5.77. The molecule has 0 saturated heterocycles. The van der Waals surface area contributed by atoms with Gasteiger partial charge in [0.25, 0.3) is 0 Å². The molecule has 1 N–H and O–H groups in total. The zero-order chi connectivity index (χ0) is 17.5. The summed E-state index contributed by atoms with van der Waals surface area (Å²) in [5, 5.41) is 9.71. The molecule has 0 aliphatic rings. The Morgan fingerprint density at radius 1 is 1.12 bits per heavy atom. The lowest BCUT2D eigenvalue weighted by molar-refractivity contribution is -0.138. The average molecular weight is 326 g/mol. The van der Waals surface area contributed by atoms with Crippen molar-refractivity contribution in [3.8, 4) is 5.75 Å². The lowest BCUT2D eigenvalue weighted by Crippen LogP contribution is -2.15. The normalized spacial score (nSPS) is 12.0. The lowest BCUT2D eigenvalue weighted by atomic mass is 9.90. The zero-order valence-electron chi connectivity index (χ0n) is 14.7. The van der Waals surface area contributed by atoms with Crippen LogP contribution in [0, 0.1) is 13.8 Å². The van der Waals surface area contributed by atoms with E-state index in [0.717, 1.165) is 35.3 Å². The van der Waals surface area contributed by atoms with Crippen LogP contribution in [0.2, 0.25) is 0 Å². The predicted molar refractivity (Wildman–Crippen MR) is 96.8 cm³/mol. The molecule has 0 radical (unpaired) electrons. The standard InChI is InChI=1S/C21H26O3/c1-4-5-12-24-20-9-7-6-8-18(20)14-19(21(22)23)17-11-10-15(2)16(3)13-17/h6-11,13,19H,4-5,12,14H2,1-3H3,(H,22,23). The van der Waals surface area contributed by atoms with Crippen LogP contribution in [0.1, 0.15) is 47.9 Å². The van der Waals surface area contributed by atoms with E-state index < -0.39 is 11.9 Å². The molecule has 3 heteroatoms. The topological polar surface area (TPSA) is 46.5 Å². The Balaban J connectivity index is 2.25. The summed E-state index contributed by atoms with van der Waals surface area (Å²) >= 11 is 0. The van der Waals surface area contributed by atoms with Crippen LogP contribution < -0.4 is 4.74 Å². The molecule has 128 valence electrons. The van der Waals surface area contributed by atoms with Gasteiger partial charge in [0.2, 0.25) is 0 Å². The van der Waals surface area contributed by atoms with Crippen molar-refractivity contribution in [2.75, 3.05) is 6.61 Å². The minimum atomic E-state index is -0.804. The second kappa shape index (κ2) is 8.53. The first kappa shape index (κ1) is 18.1. The quantitative estimate of drug-likeness (QED) is 0.702. The van der Waals surface area contributed by atoms with E-state index in [0.29, 0.717) is 13.0 Å². The van der Waals surface area contributed by atoms with Crippen LogP contribution in [-0.2, 0) is 11.2 Å². The Bertz CT molecular complexity index is 691. The van der Waals surface area contributed by atoms with Gasteiger partial charge in [-0.3, -0.25) is 4.79 Å². The van der Waals surface area contributed by atoms with Crippen LogP contribution >= 0.6 is 0 Å². The first-order valence-electron chi connectivity index (χ1n) is 8.53. The molecule has 24 heavy (non-hydrogen) atoms. The summed E-state index contributed by atoms with van der Waals surface area (Å²) in [7, 11) is 0. The minimum Gasteiger partial charge on any atom is -0.493 e. The molecule has 1 atom stereocenters. The van der Waals surface area contributed by atoms with Crippen LogP contribution in [0.4, 0.5) is 0 Å². The van der Waals surface area contributed by atoms with Crippen molar-refractivity contribution in [2.24, 2.45) is 0 Å². The first-order valence-corrected chi connectivity index (χ1v) is 8.53. The molecule has 0 fully saturated rings. The molecule has 2 rings (SSSR count). The van der Waals surface area contributed by atoms with Crippen molar-refractivity contribution in [2.45, 2.75) is 46.0 Å². The second-order valence-corrected chi connectivity index (χ2v) is 6.25. The number of unbranched alkanes of at least 4 members (excludes halogenated alkanes) is 1. The molecule has 0 aliphatic carbocycles. The Morgan fingerprint density at radius 3 is 2.54 bits per heavy atom. The molecule has 0 aromatic heterocycles. The molecular weight excluding hydrogens is 300 g/mol. The van der Waals surface area contributed by atoms with Gasteiger partial charge in [0.05, 0.1) is 12.5 Å². The van der Waals surface area contributed by atoms with Gasteiger partial charge in [-0.15, -0.1) is 0 Å². The number of benzene rings is 2. The van der Waals surface area contributed by atoms with E-state index in [1.54, 1.807) is 0 Å². The molecule has 1 unspecified atom stereocenters. The predicted octanol–water partition coefficient (Wildman–Crippen LogP) is 4.89. The summed E-state index contributed by atoms with van der Waals surface area (Å²) in [6, 6.07) is 13.6. The van der Waals surface area contributed by atoms with Gasteiger partial charge >= 0.3 is 5.97 Å². The van der Waals surface area contributed by atoms with Gasteiger partial charge in [0, 0.05) is 0 Å². The summed E-state index contributed by atoms with van der Waals surface area (Å²) in [4.78, 5) is 11.8. The smallest absolute Gasteiger partial charge is 0.311 e. The fourth-order valence-electron chi connectivity index (χ4n) is 2.69. The average Bonchev–Trinajstić information content (AvgIpc) is 2.56. The molecule has 0 spiro atoms. The van der Waals surface area contributed by atoms with Crippen molar-refractivity contribution in [1.82, 2.24) is 0 Å². The number of rotatable bonds is 8. The summed E-state index contributed by atoms with van der Waals surface area (Å²) in [5.41, 5.74) is 4.07. The summed E-state index contributed by atoms with van der Waals surface area (Å²) in [5.74, 6) is -0.581. The van der Waals surface area contributed by atoms with Crippen molar-refractivity contribution in [3.63, 3.8) is 0 Å². The Kier molecular flexibility index (Phi) is 6.42. The highest BCUT2D eigenvalue weighted by Gasteiger charge is 2.22. The summed E-state index contributed by atoms with van der Waals surface area (Å²) < 4.78 is 5.84. The highest BCUT2D eigenvalue weighted by Crippen LogP contribution is 2.28. The van der Waals surface area contributed by atoms with Crippen molar-refractivity contribution in [3.05, 3.63) is 64.7 Å². The number of aliphatic carboxylic acids is 1. The fraction of sp³-hybridized carbons (Fsp3) is 0.381. The molecule has 0 aliphatic heterocycles. The van der Waals surface area contributed by atoms with E-state index in [1.165, 1.54) is 5.56 Å². The number of carboxylic acids is 1. The Morgan fingerprint density at radius 2 is 1.88 bits per heavy atom. The molecule has 0 bridgehead atoms.